The molecule has 0 amide bonds. The number of aromatic nitrogens is 3. The normalized spacial score (nSPS) is 11.3. The Morgan fingerprint density at radius 2 is 1.85 bits per heavy atom. The zero-order chi connectivity index (χ0) is 14.7. The van der Waals surface area contributed by atoms with E-state index in [2.05, 4.69) is 10.2 Å². The highest BCUT2D eigenvalue weighted by atomic mass is 32.2. The molecule has 0 atom stereocenters. The number of rotatable bonds is 5. The number of nitrogens with two attached hydrogens (primary N) is 1. The van der Waals surface area contributed by atoms with Crippen molar-refractivity contribution in [3.05, 3.63) is 41.2 Å². The first-order valence-corrected chi connectivity index (χ1v) is 7.21. The quantitative estimate of drug-likeness (QED) is 0.862. The molecular weight excluding hydrogens is 282 g/mol. The number of hydrogen-bond donors (Lipinski definition) is 1. The summed E-state index contributed by atoms with van der Waals surface area (Å²) in [6.07, 6.45) is 0. The zero-order valence-electron chi connectivity index (χ0n) is 11.3. The molecule has 20 heavy (non-hydrogen) atoms. The van der Waals surface area contributed by atoms with Crippen LogP contribution in [0.2, 0.25) is 0 Å². The van der Waals surface area contributed by atoms with Gasteiger partial charge in [-0.2, -0.15) is 0 Å². The van der Waals surface area contributed by atoms with Crippen molar-refractivity contribution in [2.45, 2.75) is 37.3 Å². The van der Waals surface area contributed by atoms with E-state index < -0.39 is 11.6 Å². The van der Waals surface area contributed by atoms with Gasteiger partial charge in [-0.1, -0.05) is 11.8 Å². The lowest BCUT2D eigenvalue weighted by molar-refractivity contribution is 0.526. The van der Waals surface area contributed by atoms with Crippen molar-refractivity contribution in [1.82, 2.24) is 14.8 Å². The minimum Gasteiger partial charge on any atom is -0.324 e. The molecular formula is C13H16F2N4S. The molecule has 0 aliphatic rings. The van der Waals surface area contributed by atoms with Crippen molar-refractivity contribution in [2.75, 3.05) is 0 Å². The summed E-state index contributed by atoms with van der Waals surface area (Å²) in [5.41, 5.74) is 6.19. The summed E-state index contributed by atoms with van der Waals surface area (Å²) in [5, 5.41) is 8.80. The molecule has 1 aromatic heterocycles. The SMILES string of the molecule is CC(C)n1c(CN)nnc1SCc1cc(F)cc(F)c1. The maximum absolute atomic E-state index is 13.1. The third-order valence-electron chi connectivity index (χ3n) is 2.72. The van der Waals surface area contributed by atoms with Gasteiger partial charge in [-0.05, 0) is 31.5 Å². The monoisotopic (exact) mass is 298 g/mol. The molecule has 108 valence electrons. The predicted molar refractivity (Wildman–Crippen MR) is 74.2 cm³/mol. The van der Waals surface area contributed by atoms with Crippen molar-refractivity contribution >= 4 is 11.8 Å². The molecule has 0 aliphatic heterocycles. The molecule has 2 rings (SSSR count). The lowest BCUT2D eigenvalue weighted by Crippen LogP contribution is -2.11. The number of hydrogen-bond acceptors (Lipinski definition) is 4. The van der Waals surface area contributed by atoms with Gasteiger partial charge in [0.2, 0.25) is 0 Å². The molecule has 0 aliphatic carbocycles. The highest BCUT2D eigenvalue weighted by molar-refractivity contribution is 7.98. The van der Waals surface area contributed by atoms with E-state index >= 15 is 0 Å². The first kappa shape index (κ1) is 14.9. The van der Waals surface area contributed by atoms with E-state index in [4.69, 9.17) is 5.73 Å². The molecule has 1 aromatic carbocycles. The fraction of sp³-hybridized carbons (Fsp3) is 0.385. The Labute approximate surface area is 120 Å². The molecule has 0 fully saturated rings. The molecule has 7 heteroatoms. The van der Waals surface area contributed by atoms with Crippen molar-refractivity contribution in [3.63, 3.8) is 0 Å². The molecule has 2 N–H and O–H groups in total. The molecule has 0 saturated carbocycles. The molecule has 1 heterocycles. The van der Waals surface area contributed by atoms with E-state index in [1.54, 1.807) is 0 Å². The van der Waals surface area contributed by atoms with Gasteiger partial charge in [-0.15, -0.1) is 10.2 Å². The second-order valence-electron chi connectivity index (χ2n) is 4.63. The molecule has 2 aromatic rings. The van der Waals surface area contributed by atoms with Crippen molar-refractivity contribution < 1.29 is 8.78 Å². The number of benzene rings is 1. The van der Waals surface area contributed by atoms with E-state index in [-0.39, 0.29) is 6.04 Å². The summed E-state index contributed by atoms with van der Waals surface area (Å²) in [6.45, 7) is 4.32. The van der Waals surface area contributed by atoms with Crippen LogP contribution in [0.5, 0.6) is 0 Å². The summed E-state index contributed by atoms with van der Waals surface area (Å²) in [4.78, 5) is 0. The van der Waals surface area contributed by atoms with Crippen LogP contribution in [0.15, 0.2) is 23.4 Å². The van der Waals surface area contributed by atoms with Crippen molar-refractivity contribution in [2.24, 2.45) is 5.73 Å². The molecule has 0 unspecified atom stereocenters. The summed E-state index contributed by atoms with van der Waals surface area (Å²) in [6, 6.07) is 3.67. The maximum atomic E-state index is 13.1. The van der Waals surface area contributed by atoms with Crippen LogP contribution in [0.1, 0.15) is 31.3 Å². The summed E-state index contributed by atoms with van der Waals surface area (Å²) >= 11 is 1.38. The molecule has 0 saturated heterocycles. The van der Waals surface area contributed by atoms with Crippen LogP contribution in [0.25, 0.3) is 0 Å². The fourth-order valence-electron chi connectivity index (χ4n) is 1.91. The molecule has 0 radical (unpaired) electrons. The highest BCUT2D eigenvalue weighted by Crippen LogP contribution is 2.25. The van der Waals surface area contributed by atoms with Gasteiger partial charge in [0.1, 0.15) is 17.5 Å². The van der Waals surface area contributed by atoms with Crippen molar-refractivity contribution in [3.8, 4) is 0 Å². The number of thioether (sulfide) groups is 1. The van der Waals surface area contributed by atoms with Crippen LogP contribution in [-0.2, 0) is 12.3 Å². The van der Waals surface area contributed by atoms with Crippen LogP contribution in [0.4, 0.5) is 8.78 Å². The first-order valence-electron chi connectivity index (χ1n) is 6.23. The van der Waals surface area contributed by atoms with E-state index in [1.165, 1.54) is 23.9 Å². The van der Waals surface area contributed by atoms with E-state index in [1.807, 2.05) is 18.4 Å². The van der Waals surface area contributed by atoms with Crippen LogP contribution in [0, 0.1) is 11.6 Å². The Morgan fingerprint density at radius 1 is 1.20 bits per heavy atom. The topological polar surface area (TPSA) is 56.7 Å². The van der Waals surface area contributed by atoms with Gasteiger partial charge < -0.3 is 10.3 Å². The van der Waals surface area contributed by atoms with Crippen LogP contribution in [0.3, 0.4) is 0 Å². The Kier molecular flexibility index (Phi) is 4.72. The van der Waals surface area contributed by atoms with Gasteiger partial charge in [0.05, 0.1) is 6.54 Å². The van der Waals surface area contributed by atoms with Gasteiger partial charge in [0.25, 0.3) is 0 Å². The smallest absolute Gasteiger partial charge is 0.191 e. The average molecular weight is 298 g/mol. The van der Waals surface area contributed by atoms with E-state index in [0.717, 1.165) is 6.07 Å². The van der Waals surface area contributed by atoms with Gasteiger partial charge in [0.15, 0.2) is 5.16 Å². The van der Waals surface area contributed by atoms with Gasteiger partial charge in [-0.3, -0.25) is 0 Å². The Bertz CT molecular complexity index is 578. The molecule has 0 bridgehead atoms. The zero-order valence-corrected chi connectivity index (χ0v) is 12.1. The van der Waals surface area contributed by atoms with Gasteiger partial charge >= 0.3 is 0 Å². The highest BCUT2D eigenvalue weighted by Gasteiger charge is 2.14. The van der Waals surface area contributed by atoms with E-state index in [0.29, 0.717) is 28.8 Å². The second-order valence-corrected chi connectivity index (χ2v) is 5.58. The molecule has 0 spiro atoms. The summed E-state index contributed by atoms with van der Waals surface area (Å²) in [5.74, 6) is -0.0283. The van der Waals surface area contributed by atoms with Crippen LogP contribution < -0.4 is 5.73 Å². The Hall–Kier alpha value is -1.47. The van der Waals surface area contributed by atoms with Crippen LogP contribution in [-0.4, -0.2) is 14.8 Å². The predicted octanol–water partition coefficient (Wildman–Crippen LogP) is 2.89. The standard InChI is InChI=1S/C13H16F2N4S/c1-8(2)19-12(6-16)17-18-13(19)20-7-9-3-10(14)5-11(15)4-9/h3-5,8H,6-7,16H2,1-2H3. The second kappa shape index (κ2) is 6.32. The van der Waals surface area contributed by atoms with E-state index in [9.17, 15) is 8.78 Å². The number of nitrogens with zero attached hydrogens (tertiary/aromatic N) is 3. The van der Waals surface area contributed by atoms with Crippen molar-refractivity contribution in [1.29, 1.82) is 0 Å². The largest absolute Gasteiger partial charge is 0.324 e. The number of halogens is 2. The summed E-state index contributed by atoms with van der Waals surface area (Å²) in [7, 11) is 0. The van der Waals surface area contributed by atoms with Gasteiger partial charge in [0, 0.05) is 17.9 Å². The van der Waals surface area contributed by atoms with Gasteiger partial charge in [-0.25, -0.2) is 8.78 Å². The minimum atomic E-state index is -0.575. The third-order valence-corrected chi connectivity index (χ3v) is 3.74. The Morgan fingerprint density at radius 3 is 2.40 bits per heavy atom. The summed E-state index contributed by atoms with van der Waals surface area (Å²) < 4.78 is 28.2. The maximum Gasteiger partial charge on any atom is 0.191 e. The fourth-order valence-corrected chi connectivity index (χ4v) is 2.92. The first-order chi connectivity index (χ1) is 9.51. The van der Waals surface area contributed by atoms with Crippen LogP contribution >= 0.6 is 11.8 Å². The lowest BCUT2D eigenvalue weighted by atomic mass is 10.2. The average Bonchev–Trinajstić information content (AvgIpc) is 2.78. The Balaban J connectivity index is 2.16. The third kappa shape index (κ3) is 3.34. The minimum absolute atomic E-state index is 0.176. The lowest BCUT2D eigenvalue weighted by Gasteiger charge is -2.12. The molecule has 4 nitrogen and oxygen atoms in total.